The molecule has 0 bridgehead atoms. The number of hydrogen-bond acceptors (Lipinski definition) is 5. The number of nitrogens with one attached hydrogen (secondary N) is 2. The van der Waals surface area contributed by atoms with Gasteiger partial charge in [0.2, 0.25) is 11.8 Å². The Morgan fingerprint density at radius 2 is 1.65 bits per heavy atom. The van der Waals surface area contributed by atoms with Gasteiger partial charge in [-0.1, -0.05) is 13.3 Å². The Morgan fingerprint density at radius 3 is 2.22 bits per heavy atom. The van der Waals surface area contributed by atoms with E-state index in [9.17, 15) is 24.0 Å². The number of hydrogen-bond donors (Lipinski definition) is 2. The molecule has 0 aliphatic carbocycles. The van der Waals surface area contributed by atoms with Gasteiger partial charge < -0.3 is 10.6 Å². The molecule has 1 aliphatic rings. The van der Waals surface area contributed by atoms with Crippen LogP contribution >= 0.6 is 0 Å². The first kappa shape index (κ1) is 18.6. The third kappa shape index (κ3) is 5.04. The smallest absolute Gasteiger partial charge is 0.334 e. The second kappa shape index (κ2) is 8.25. The van der Waals surface area contributed by atoms with Crippen LogP contribution in [0.4, 0.5) is 4.79 Å². The van der Waals surface area contributed by atoms with Crippen LogP contribution in [0.3, 0.4) is 0 Å². The van der Waals surface area contributed by atoms with E-state index in [-0.39, 0.29) is 25.0 Å². The molecule has 0 radical (unpaired) electrons. The van der Waals surface area contributed by atoms with Crippen LogP contribution in [-0.2, 0) is 19.2 Å². The maximum atomic E-state index is 12.0. The van der Waals surface area contributed by atoms with E-state index in [2.05, 4.69) is 10.6 Å². The highest BCUT2D eigenvalue weighted by Crippen LogP contribution is 2.12. The highest BCUT2D eigenvalue weighted by atomic mass is 16.2. The second-order valence-corrected chi connectivity index (χ2v) is 5.48. The van der Waals surface area contributed by atoms with E-state index in [4.69, 9.17) is 0 Å². The van der Waals surface area contributed by atoms with Crippen molar-refractivity contribution in [3.63, 3.8) is 0 Å². The zero-order valence-electron chi connectivity index (χ0n) is 13.5. The standard InChI is InChI=1S/C14H22N4O5/c1-4-5-6-17-12(21)13(22)18(14(17)23)8-11(20)15-7-10(19)16-9(2)3/h9H,4-8H2,1-3H3,(H,15,20)(H,16,19). The van der Waals surface area contributed by atoms with Crippen LogP contribution in [-0.4, -0.2) is 65.1 Å². The predicted octanol–water partition coefficient (Wildman–Crippen LogP) is -0.782. The van der Waals surface area contributed by atoms with Gasteiger partial charge >= 0.3 is 17.8 Å². The Morgan fingerprint density at radius 1 is 1.04 bits per heavy atom. The molecule has 0 aromatic carbocycles. The SMILES string of the molecule is CCCCN1C(=O)C(=O)N(CC(=O)NCC(=O)NC(C)C)C1=O. The maximum absolute atomic E-state index is 12.0. The molecular weight excluding hydrogens is 304 g/mol. The van der Waals surface area contributed by atoms with Gasteiger partial charge in [-0.25, -0.2) is 9.69 Å². The first-order valence-electron chi connectivity index (χ1n) is 7.51. The topological polar surface area (TPSA) is 116 Å². The lowest BCUT2D eigenvalue weighted by Gasteiger charge is -2.15. The summed E-state index contributed by atoms with van der Waals surface area (Å²) in [5.41, 5.74) is 0. The van der Waals surface area contributed by atoms with Crippen molar-refractivity contribution in [2.45, 2.75) is 39.7 Å². The number of nitrogens with zero attached hydrogens (tertiary/aromatic N) is 2. The largest absolute Gasteiger partial charge is 0.352 e. The van der Waals surface area contributed by atoms with Crippen LogP contribution in [0, 0.1) is 0 Å². The number of unbranched alkanes of at least 4 members (excludes halogenated alkanes) is 1. The van der Waals surface area contributed by atoms with E-state index in [0.717, 1.165) is 11.3 Å². The lowest BCUT2D eigenvalue weighted by molar-refractivity contribution is -0.144. The third-order valence-corrected chi connectivity index (χ3v) is 3.07. The molecule has 9 heteroatoms. The first-order chi connectivity index (χ1) is 10.8. The maximum Gasteiger partial charge on any atom is 0.334 e. The van der Waals surface area contributed by atoms with E-state index in [1.807, 2.05) is 6.92 Å². The highest BCUT2D eigenvalue weighted by molar-refractivity contribution is 6.45. The van der Waals surface area contributed by atoms with Crippen molar-refractivity contribution in [3.8, 4) is 0 Å². The van der Waals surface area contributed by atoms with Crippen LogP contribution in [0.5, 0.6) is 0 Å². The van der Waals surface area contributed by atoms with Gasteiger partial charge in [-0.3, -0.25) is 24.1 Å². The normalized spacial score (nSPS) is 14.7. The summed E-state index contributed by atoms with van der Waals surface area (Å²) in [7, 11) is 0. The Balaban J connectivity index is 2.54. The number of carbonyl (C=O) groups is 5. The molecule has 1 saturated heterocycles. The molecule has 9 nitrogen and oxygen atoms in total. The highest BCUT2D eigenvalue weighted by Gasteiger charge is 2.44. The zero-order valence-corrected chi connectivity index (χ0v) is 13.5. The summed E-state index contributed by atoms with van der Waals surface area (Å²) >= 11 is 0. The van der Waals surface area contributed by atoms with Crippen molar-refractivity contribution >= 4 is 29.7 Å². The number of imide groups is 2. The Kier molecular flexibility index (Phi) is 6.67. The molecule has 0 aromatic rings. The van der Waals surface area contributed by atoms with Crippen LogP contribution in [0.25, 0.3) is 0 Å². The van der Waals surface area contributed by atoms with Crippen molar-refractivity contribution < 1.29 is 24.0 Å². The van der Waals surface area contributed by atoms with Gasteiger partial charge in [-0.2, -0.15) is 0 Å². The lowest BCUT2D eigenvalue weighted by Crippen LogP contribution is -2.45. The average molecular weight is 326 g/mol. The van der Waals surface area contributed by atoms with Gasteiger partial charge in [-0.15, -0.1) is 0 Å². The van der Waals surface area contributed by atoms with Crippen LogP contribution in [0.1, 0.15) is 33.6 Å². The Hall–Kier alpha value is -2.45. The number of rotatable bonds is 8. The minimum absolute atomic E-state index is 0.0640. The fourth-order valence-corrected chi connectivity index (χ4v) is 1.95. The summed E-state index contributed by atoms with van der Waals surface area (Å²) in [6, 6.07) is -0.860. The molecule has 1 rings (SSSR count). The van der Waals surface area contributed by atoms with Crippen LogP contribution < -0.4 is 10.6 Å². The van der Waals surface area contributed by atoms with Crippen molar-refractivity contribution in [1.29, 1.82) is 0 Å². The summed E-state index contributed by atoms with van der Waals surface area (Å²) in [5.74, 6) is -3.01. The van der Waals surface area contributed by atoms with Crippen LogP contribution in [0.15, 0.2) is 0 Å². The van der Waals surface area contributed by atoms with E-state index < -0.39 is 30.3 Å². The quantitative estimate of drug-likeness (QED) is 0.448. The molecule has 1 fully saturated rings. The van der Waals surface area contributed by atoms with Crippen LogP contribution in [0.2, 0.25) is 0 Å². The number of urea groups is 1. The van der Waals surface area contributed by atoms with Crippen molar-refractivity contribution in [2.24, 2.45) is 0 Å². The second-order valence-electron chi connectivity index (χ2n) is 5.48. The Bertz CT molecular complexity index is 517. The molecule has 2 N–H and O–H groups in total. The minimum Gasteiger partial charge on any atom is -0.352 e. The fraction of sp³-hybridized carbons (Fsp3) is 0.643. The molecule has 1 heterocycles. The fourth-order valence-electron chi connectivity index (χ4n) is 1.95. The van der Waals surface area contributed by atoms with Crippen molar-refractivity contribution in [3.05, 3.63) is 0 Å². The van der Waals surface area contributed by atoms with Gasteiger partial charge in [0.05, 0.1) is 6.54 Å². The zero-order chi connectivity index (χ0) is 17.6. The molecule has 0 unspecified atom stereocenters. The Labute approximate surface area is 134 Å². The van der Waals surface area contributed by atoms with Gasteiger partial charge in [0.25, 0.3) is 0 Å². The molecule has 128 valence electrons. The molecule has 23 heavy (non-hydrogen) atoms. The lowest BCUT2D eigenvalue weighted by atomic mass is 10.3. The summed E-state index contributed by atoms with van der Waals surface area (Å²) < 4.78 is 0. The molecule has 0 aromatic heterocycles. The molecular formula is C14H22N4O5. The van der Waals surface area contributed by atoms with Crippen molar-refractivity contribution in [2.75, 3.05) is 19.6 Å². The number of amides is 6. The van der Waals surface area contributed by atoms with E-state index >= 15 is 0 Å². The predicted molar refractivity (Wildman–Crippen MR) is 80.0 cm³/mol. The summed E-state index contributed by atoms with van der Waals surface area (Å²) in [6.07, 6.45) is 1.34. The number of carbonyl (C=O) groups excluding carboxylic acids is 5. The monoisotopic (exact) mass is 326 g/mol. The van der Waals surface area contributed by atoms with E-state index in [1.165, 1.54) is 0 Å². The summed E-state index contributed by atoms with van der Waals surface area (Å²) in [4.78, 5) is 60.1. The van der Waals surface area contributed by atoms with Gasteiger partial charge in [-0.05, 0) is 20.3 Å². The average Bonchev–Trinajstić information content (AvgIpc) is 2.67. The molecule has 0 spiro atoms. The van der Waals surface area contributed by atoms with Gasteiger partial charge in [0.15, 0.2) is 0 Å². The first-order valence-corrected chi connectivity index (χ1v) is 7.51. The van der Waals surface area contributed by atoms with E-state index in [0.29, 0.717) is 11.3 Å². The summed E-state index contributed by atoms with van der Waals surface area (Å²) in [5, 5.41) is 4.88. The summed E-state index contributed by atoms with van der Waals surface area (Å²) in [6.45, 7) is 4.74. The molecule has 1 aliphatic heterocycles. The van der Waals surface area contributed by atoms with E-state index in [1.54, 1.807) is 13.8 Å². The van der Waals surface area contributed by atoms with Gasteiger partial charge in [0, 0.05) is 12.6 Å². The minimum atomic E-state index is -1.02. The van der Waals surface area contributed by atoms with Crippen molar-refractivity contribution in [1.82, 2.24) is 20.4 Å². The molecule has 0 saturated carbocycles. The molecule has 6 amide bonds. The van der Waals surface area contributed by atoms with Gasteiger partial charge in [0.1, 0.15) is 6.54 Å². The third-order valence-electron chi connectivity index (χ3n) is 3.07. The molecule has 0 atom stereocenters.